The standard InChI is InChI=1S/C19H24F3N3O4/c1-18(2,3)29-17(28)24-8-7-23-16(27)12-9-15(26)25(11-12)14-6-4-5-13(10-14)19(20,21)22/h4-6,10,12H,7-9,11H2,1-3H3,(H,23,27)(H,24,28). The van der Waals surface area contributed by atoms with Gasteiger partial charge in [0.15, 0.2) is 0 Å². The van der Waals surface area contributed by atoms with Crippen LogP contribution in [0, 0.1) is 5.92 Å². The van der Waals surface area contributed by atoms with Gasteiger partial charge in [0.1, 0.15) is 5.60 Å². The smallest absolute Gasteiger partial charge is 0.416 e. The van der Waals surface area contributed by atoms with Crippen molar-refractivity contribution in [2.45, 2.75) is 39.0 Å². The van der Waals surface area contributed by atoms with Crippen molar-refractivity contribution in [1.29, 1.82) is 0 Å². The van der Waals surface area contributed by atoms with Crippen molar-refractivity contribution in [2.75, 3.05) is 24.5 Å². The summed E-state index contributed by atoms with van der Waals surface area (Å²) in [6, 6.07) is 4.44. The molecule has 1 saturated heterocycles. The number of nitrogens with zero attached hydrogens (tertiary/aromatic N) is 1. The maximum Gasteiger partial charge on any atom is 0.416 e. The maximum atomic E-state index is 12.9. The lowest BCUT2D eigenvalue weighted by Gasteiger charge is -2.20. The van der Waals surface area contributed by atoms with Gasteiger partial charge in [-0.2, -0.15) is 13.2 Å². The minimum absolute atomic E-state index is 0.00846. The van der Waals surface area contributed by atoms with Crippen molar-refractivity contribution in [1.82, 2.24) is 10.6 Å². The lowest BCUT2D eigenvalue weighted by atomic mass is 10.1. The van der Waals surface area contributed by atoms with Crippen LogP contribution in [-0.2, 0) is 20.5 Å². The van der Waals surface area contributed by atoms with E-state index in [0.717, 1.165) is 12.1 Å². The number of carbonyl (C=O) groups is 3. The second-order valence-corrected chi connectivity index (χ2v) is 7.67. The van der Waals surface area contributed by atoms with E-state index in [4.69, 9.17) is 4.74 Å². The summed E-state index contributed by atoms with van der Waals surface area (Å²) in [6.45, 7) is 5.43. The normalized spacial score (nSPS) is 17.2. The molecule has 3 amide bonds. The van der Waals surface area contributed by atoms with E-state index in [9.17, 15) is 27.6 Å². The van der Waals surface area contributed by atoms with E-state index in [1.807, 2.05) is 0 Å². The van der Waals surface area contributed by atoms with Crippen LogP contribution in [0.5, 0.6) is 0 Å². The number of alkyl halides is 3. The highest BCUT2D eigenvalue weighted by Gasteiger charge is 2.36. The van der Waals surface area contributed by atoms with Crippen LogP contribution in [-0.4, -0.2) is 43.1 Å². The summed E-state index contributed by atoms with van der Waals surface area (Å²) in [5.41, 5.74) is -1.39. The zero-order chi connectivity index (χ0) is 21.8. The Balaban J connectivity index is 1.85. The van der Waals surface area contributed by atoms with Gasteiger partial charge in [-0.3, -0.25) is 9.59 Å². The van der Waals surface area contributed by atoms with Crippen molar-refractivity contribution in [3.63, 3.8) is 0 Å². The van der Waals surface area contributed by atoms with Gasteiger partial charge in [-0.05, 0) is 39.0 Å². The summed E-state index contributed by atoms with van der Waals surface area (Å²) in [5, 5.41) is 5.09. The van der Waals surface area contributed by atoms with Crippen molar-refractivity contribution < 1.29 is 32.3 Å². The third-order valence-corrected chi connectivity index (χ3v) is 4.07. The van der Waals surface area contributed by atoms with Crippen LogP contribution < -0.4 is 15.5 Å². The molecular weight excluding hydrogens is 391 g/mol. The number of hydrogen-bond acceptors (Lipinski definition) is 4. The Kier molecular flexibility index (Phi) is 6.76. The number of rotatable bonds is 5. The fraction of sp³-hybridized carbons (Fsp3) is 0.526. The van der Waals surface area contributed by atoms with Gasteiger partial charge in [0.2, 0.25) is 11.8 Å². The van der Waals surface area contributed by atoms with E-state index in [2.05, 4.69) is 10.6 Å². The van der Waals surface area contributed by atoms with Crippen LogP contribution in [0.4, 0.5) is 23.7 Å². The molecule has 1 aromatic rings. The molecule has 1 aromatic carbocycles. The second kappa shape index (κ2) is 8.71. The fourth-order valence-electron chi connectivity index (χ4n) is 2.79. The maximum absolute atomic E-state index is 12.9. The Hall–Kier alpha value is -2.78. The summed E-state index contributed by atoms with van der Waals surface area (Å²) in [5.74, 6) is -1.51. The molecule has 0 spiro atoms. The molecule has 2 N–H and O–H groups in total. The first-order chi connectivity index (χ1) is 13.4. The average Bonchev–Trinajstić information content (AvgIpc) is 2.98. The van der Waals surface area contributed by atoms with E-state index in [-0.39, 0.29) is 31.7 Å². The lowest BCUT2D eigenvalue weighted by molar-refractivity contribution is -0.137. The van der Waals surface area contributed by atoms with Crippen LogP contribution >= 0.6 is 0 Å². The Morgan fingerprint density at radius 3 is 2.45 bits per heavy atom. The number of ether oxygens (including phenoxy) is 1. The van der Waals surface area contributed by atoms with Crippen LogP contribution in [0.15, 0.2) is 24.3 Å². The van der Waals surface area contributed by atoms with E-state index in [1.54, 1.807) is 20.8 Å². The van der Waals surface area contributed by atoms with Gasteiger partial charge in [0.05, 0.1) is 11.5 Å². The molecule has 0 aromatic heterocycles. The average molecular weight is 415 g/mol. The molecule has 29 heavy (non-hydrogen) atoms. The molecule has 7 nitrogen and oxygen atoms in total. The van der Waals surface area contributed by atoms with Crippen LogP contribution in [0.3, 0.4) is 0 Å². The Morgan fingerprint density at radius 2 is 1.83 bits per heavy atom. The highest BCUT2D eigenvalue weighted by atomic mass is 19.4. The van der Waals surface area contributed by atoms with Crippen molar-refractivity contribution >= 4 is 23.6 Å². The number of benzene rings is 1. The molecule has 1 aliphatic rings. The highest BCUT2D eigenvalue weighted by molar-refractivity contribution is 6.00. The topological polar surface area (TPSA) is 87.7 Å². The Morgan fingerprint density at radius 1 is 1.17 bits per heavy atom. The quantitative estimate of drug-likeness (QED) is 0.724. The number of anilines is 1. The lowest BCUT2D eigenvalue weighted by Crippen LogP contribution is -2.40. The summed E-state index contributed by atoms with van der Waals surface area (Å²) < 4.78 is 43.7. The van der Waals surface area contributed by atoms with E-state index >= 15 is 0 Å². The zero-order valence-corrected chi connectivity index (χ0v) is 16.4. The molecule has 0 aliphatic carbocycles. The predicted molar refractivity (Wildman–Crippen MR) is 99.2 cm³/mol. The first-order valence-corrected chi connectivity index (χ1v) is 9.09. The minimum atomic E-state index is -4.52. The Bertz CT molecular complexity index is 775. The van der Waals surface area contributed by atoms with Crippen LogP contribution in [0.1, 0.15) is 32.8 Å². The van der Waals surface area contributed by atoms with E-state index in [0.29, 0.717) is 0 Å². The van der Waals surface area contributed by atoms with Gasteiger partial charge >= 0.3 is 12.3 Å². The number of halogens is 3. The van der Waals surface area contributed by atoms with Gasteiger partial charge in [-0.15, -0.1) is 0 Å². The molecule has 1 aliphatic heterocycles. The molecule has 0 saturated carbocycles. The molecule has 1 heterocycles. The van der Waals surface area contributed by atoms with E-state index < -0.39 is 41.2 Å². The SMILES string of the molecule is CC(C)(C)OC(=O)NCCNC(=O)C1CC(=O)N(c2cccc(C(F)(F)F)c2)C1. The molecule has 10 heteroatoms. The number of nitrogens with one attached hydrogen (secondary N) is 2. The summed E-state index contributed by atoms with van der Waals surface area (Å²) in [4.78, 5) is 37.1. The monoisotopic (exact) mass is 415 g/mol. The molecule has 1 unspecified atom stereocenters. The summed E-state index contributed by atoms with van der Waals surface area (Å²) in [6.07, 6.45) is -5.23. The molecule has 0 bridgehead atoms. The van der Waals surface area contributed by atoms with Crippen molar-refractivity contribution in [3.8, 4) is 0 Å². The molecular formula is C19H24F3N3O4. The summed E-state index contributed by atoms with van der Waals surface area (Å²) in [7, 11) is 0. The first-order valence-electron chi connectivity index (χ1n) is 9.09. The predicted octanol–water partition coefficient (Wildman–Crippen LogP) is 2.70. The van der Waals surface area contributed by atoms with Gasteiger partial charge in [-0.1, -0.05) is 6.07 Å². The van der Waals surface area contributed by atoms with Crippen molar-refractivity contribution in [2.24, 2.45) is 5.92 Å². The number of carbonyl (C=O) groups excluding carboxylic acids is 3. The molecule has 1 atom stereocenters. The van der Waals surface area contributed by atoms with Gasteiger partial charge in [0.25, 0.3) is 0 Å². The van der Waals surface area contributed by atoms with Gasteiger partial charge < -0.3 is 20.3 Å². The molecule has 160 valence electrons. The third-order valence-electron chi connectivity index (χ3n) is 4.07. The summed E-state index contributed by atoms with van der Waals surface area (Å²) >= 11 is 0. The van der Waals surface area contributed by atoms with Gasteiger partial charge in [0, 0.05) is 31.7 Å². The number of amides is 3. The second-order valence-electron chi connectivity index (χ2n) is 7.67. The zero-order valence-electron chi connectivity index (χ0n) is 16.4. The van der Waals surface area contributed by atoms with E-state index in [1.165, 1.54) is 17.0 Å². The third kappa shape index (κ3) is 6.65. The molecule has 0 radical (unpaired) electrons. The Labute approximate surface area is 166 Å². The van der Waals surface area contributed by atoms with Gasteiger partial charge in [-0.25, -0.2) is 4.79 Å². The highest BCUT2D eigenvalue weighted by Crippen LogP contribution is 2.33. The minimum Gasteiger partial charge on any atom is -0.444 e. The number of alkyl carbamates (subject to hydrolysis) is 1. The van der Waals surface area contributed by atoms with Crippen LogP contribution in [0.25, 0.3) is 0 Å². The number of hydrogen-bond donors (Lipinski definition) is 2. The fourth-order valence-corrected chi connectivity index (χ4v) is 2.79. The molecule has 1 fully saturated rings. The molecule has 2 rings (SSSR count). The first kappa shape index (κ1) is 22.5. The largest absolute Gasteiger partial charge is 0.444 e. The van der Waals surface area contributed by atoms with Crippen LogP contribution in [0.2, 0.25) is 0 Å². The van der Waals surface area contributed by atoms with Crippen molar-refractivity contribution in [3.05, 3.63) is 29.8 Å².